The second kappa shape index (κ2) is 5.92. The van der Waals surface area contributed by atoms with E-state index in [1.165, 1.54) is 12.1 Å². The largest absolute Gasteiger partial charge is 0.396 e. The molecule has 0 spiro atoms. The second-order valence-corrected chi connectivity index (χ2v) is 6.04. The predicted molar refractivity (Wildman–Crippen MR) is 75.8 cm³/mol. The van der Waals surface area contributed by atoms with Crippen LogP contribution in [0.2, 0.25) is 0 Å². The molecule has 1 aromatic rings. The van der Waals surface area contributed by atoms with E-state index in [4.69, 9.17) is 0 Å². The van der Waals surface area contributed by atoms with Crippen molar-refractivity contribution in [2.45, 2.75) is 45.1 Å². The van der Waals surface area contributed by atoms with E-state index < -0.39 is 5.92 Å². The van der Waals surface area contributed by atoms with Crippen LogP contribution in [0.5, 0.6) is 0 Å². The van der Waals surface area contributed by atoms with Gasteiger partial charge in [-0.1, -0.05) is 25.5 Å². The zero-order valence-corrected chi connectivity index (χ0v) is 12.0. The van der Waals surface area contributed by atoms with Crippen LogP contribution in [0.3, 0.4) is 0 Å². The van der Waals surface area contributed by atoms with Crippen molar-refractivity contribution in [3.05, 3.63) is 35.6 Å². The van der Waals surface area contributed by atoms with Gasteiger partial charge in [-0.3, -0.25) is 4.79 Å². The quantitative estimate of drug-likeness (QED) is 0.890. The molecule has 1 amide bonds. The van der Waals surface area contributed by atoms with E-state index >= 15 is 0 Å². The molecule has 0 saturated heterocycles. The Morgan fingerprint density at radius 3 is 3.00 bits per heavy atom. The number of rotatable bonds is 4. The summed E-state index contributed by atoms with van der Waals surface area (Å²) < 4.78 is 13.2. The first-order valence-electron chi connectivity index (χ1n) is 7.13. The molecule has 20 heavy (non-hydrogen) atoms. The van der Waals surface area contributed by atoms with E-state index in [-0.39, 0.29) is 29.8 Å². The highest BCUT2D eigenvalue weighted by atomic mass is 19.1. The summed E-state index contributed by atoms with van der Waals surface area (Å²) in [4.78, 5) is 12.3. The van der Waals surface area contributed by atoms with Gasteiger partial charge in [0.2, 0.25) is 5.91 Å². The topological polar surface area (TPSA) is 49.3 Å². The molecule has 2 N–H and O–H groups in total. The number of carbonyl (C=O) groups is 1. The molecule has 110 valence electrons. The smallest absolute Gasteiger partial charge is 0.227 e. The first-order valence-corrected chi connectivity index (χ1v) is 7.13. The van der Waals surface area contributed by atoms with Crippen LogP contribution in [0.1, 0.15) is 44.6 Å². The van der Waals surface area contributed by atoms with Gasteiger partial charge in [0.15, 0.2) is 0 Å². The van der Waals surface area contributed by atoms with Crippen molar-refractivity contribution in [3.8, 4) is 0 Å². The summed E-state index contributed by atoms with van der Waals surface area (Å²) in [5.41, 5.74) is 0.434. The van der Waals surface area contributed by atoms with Gasteiger partial charge in [0.05, 0.1) is 12.5 Å². The van der Waals surface area contributed by atoms with Crippen molar-refractivity contribution < 1.29 is 14.3 Å². The van der Waals surface area contributed by atoms with E-state index in [0.29, 0.717) is 5.56 Å². The molecule has 1 saturated carbocycles. The van der Waals surface area contributed by atoms with Gasteiger partial charge < -0.3 is 10.4 Å². The molecule has 3 unspecified atom stereocenters. The van der Waals surface area contributed by atoms with Gasteiger partial charge in [-0.15, -0.1) is 0 Å². The Balaban J connectivity index is 2.05. The minimum atomic E-state index is -0.394. The molecule has 2 rings (SSSR count). The minimum absolute atomic E-state index is 0.00370. The van der Waals surface area contributed by atoms with E-state index in [0.717, 1.165) is 19.3 Å². The zero-order chi connectivity index (χ0) is 14.8. The normalized spacial score (nSPS) is 27.3. The minimum Gasteiger partial charge on any atom is -0.396 e. The lowest BCUT2D eigenvalue weighted by molar-refractivity contribution is -0.123. The SMILES string of the molecule is CC(C(=O)NC1CCCC1(C)CO)c1cccc(F)c1. The summed E-state index contributed by atoms with van der Waals surface area (Å²) in [5, 5.41) is 12.5. The van der Waals surface area contributed by atoms with Crippen LogP contribution in [0.4, 0.5) is 4.39 Å². The van der Waals surface area contributed by atoms with Gasteiger partial charge in [0.25, 0.3) is 0 Å². The Bertz CT molecular complexity index is 491. The lowest BCUT2D eigenvalue weighted by Gasteiger charge is -2.31. The van der Waals surface area contributed by atoms with E-state index in [9.17, 15) is 14.3 Å². The standard InChI is InChI=1S/C16H22FNO2/c1-11(12-5-3-6-13(17)9-12)15(20)18-14-7-4-8-16(14,2)10-19/h3,5-6,9,11,14,19H,4,7-8,10H2,1-2H3,(H,18,20). The molecule has 0 radical (unpaired) electrons. The van der Waals surface area contributed by atoms with Gasteiger partial charge >= 0.3 is 0 Å². The molecular weight excluding hydrogens is 257 g/mol. The Morgan fingerprint density at radius 2 is 2.35 bits per heavy atom. The molecule has 1 aliphatic carbocycles. The number of benzene rings is 1. The molecule has 1 fully saturated rings. The predicted octanol–water partition coefficient (Wildman–Crippen LogP) is 2.60. The Kier molecular flexibility index (Phi) is 4.43. The van der Waals surface area contributed by atoms with Gasteiger partial charge in [-0.25, -0.2) is 4.39 Å². The van der Waals surface area contributed by atoms with Crippen LogP contribution < -0.4 is 5.32 Å². The summed E-state index contributed by atoms with van der Waals surface area (Å²) in [6.45, 7) is 3.85. The van der Waals surface area contributed by atoms with Crippen molar-refractivity contribution in [3.63, 3.8) is 0 Å². The molecule has 0 aliphatic heterocycles. The molecule has 0 aromatic heterocycles. The maximum atomic E-state index is 13.2. The third-order valence-corrected chi connectivity index (χ3v) is 4.50. The van der Waals surface area contributed by atoms with Crippen molar-refractivity contribution in [1.82, 2.24) is 5.32 Å². The summed E-state index contributed by atoms with van der Waals surface area (Å²) in [6.07, 6.45) is 2.82. The fourth-order valence-corrected chi connectivity index (χ4v) is 2.89. The van der Waals surface area contributed by atoms with Crippen molar-refractivity contribution >= 4 is 5.91 Å². The molecule has 3 nitrogen and oxygen atoms in total. The highest BCUT2D eigenvalue weighted by molar-refractivity contribution is 5.83. The lowest BCUT2D eigenvalue weighted by Crippen LogP contribution is -2.46. The number of halogens is 1. The molecule has 3 atom stereocenters. The number of carbonyl (C=O) groups excluding carboxylic acids is 1. The third kappa shape index (κ3) is 3.01. The van der Waals surface area contributed by atoms with Crippen molar-refractivity contribution in [2.24, 2.45) is 5.41 Å². The summed E-state index contributed by atoms with van der Waals surface area (Å²) >= 11 is 0. The highest BCUT2D eigenvalue weighted by Crippen LogP contribution is 2.37. The third-order valence-electron chi connectivity index (χ3n) is 4.50. The van der Waals surface area contributed by atoms with Crippen LogP contribution in [0.15, 0.2) is 24.3 Å². The summed E-state index contributed by atoms with van der Waals surface area (Å²) in [7, 11) is 0. The number of hydrogen-bond acceptors (Lipinski definition) is 2. The van der Waals surface area contributed by atoms with E-state index in [1.54, 1.807) is 19.1 Å². The highest BCUT2D eigenvalue weighted by Gasteiger charge is 2.39. The van der Waals surface area contributed by atoms with E-state index in [2.05, 4.69) is 5.32 Å². The molecule has 4 heteroatoms. The zero-order valence-electron chi connectivity index (χ0n) is 12.0. The van der Waals surface area contributed by atoms with Crippen LogP contribution in [-0.2, 0) is 4.79 Å². The van der Waals surface area contributed by atoms with Gasteiger partial charge in [-0.05, 0) is 37.5 Å². The number of amides is 1. The number of aliphatic hydroxyl groups is 1. The van der Waals surface area contributed by atoms with Crippen LogP contribution in [0.25, 0.3) is 0 Å². The average molecular weight is 279 g/mol. The number of nitrogens with one attached hydrogen (secondary N) is 1. The number of hydrogen-bond donors (Lipinski definition) is 2. The Hall–Kier alpha value is -1.42. The maximum Gasteiger partial charge on any atom is 0.227 e. The Labute approximate surface area is 119 Å². The average Bonchev–Trinajstić information content (AvgIpc) is 2.80. The van der Waals surface area contributed by atoms with Crippen LogP contribution >= 0.6 is 0 Å². The molecular formula is C16H22FNO2. The van der Waals surface area contributed by atoms with Crippen LogP contribution in [0, 0.1) is 11.2 Å². The molecule has 1 aliphatic rings. The van der Waals surface area contributed by atoms with Crippen LogP contribution in [-0.4, -0.2) is 23.7 Å². The first kappa shape index (κ1) is 15.0. The first-order chi connectivity index (χ1) is 9.46. The monoisotopic (exact) mass is 279 g/mol. The number of aliphatic hydroxyl groups excluding tert-OH is 1. The second-order valence-electron chi connectivity index (χ2n) is 6.04. The van der Waals surface area contributed by atoms with Gasteiger partial charge in [-0.2, -0.15) is 0 Å². The molecule has 0 bridgehead atoms. The van der Waals surface area contributed by atoms with Crippen molar-refractivity contribution in [2.75, 3.05) is 6.61 Å². The van der Waals surface area contributed by atoms with Crippen molar-refractivity contribution in [1.29, 1.82) is 0 Å². The van der Waals surface area contributed by atoms with E-state index in [1.807, 2.05) is 6.92 Å². The van der Waals surface area contributed by atoms with Gasteiger partial charge in [0.1, 0.15) is 5.82 Å². The van der Waals surface area contributed by atoms with Gasteiger partial charge in [0, 0.05) is 11.5 Å². The molecule has 1 aromatic carbocycles. The summed E-state index contributed by atoms with van der Waals surface area (Å²) in [6, 6.07) is 6.13. The maximum absolute atomic E-state index is 13.2. The fourth-order valence-electron chi connectivity index (χ4n) is 2.89. The lowest BCUT2D eigenvalue weighted by atomic mass is 9.85. The molecule has 0 heterocycles. The summed E-state index contributed by atoms with van der Waals surface area (Å²) in [5.74, 6) is -0.834. The Morgan fingerprint density at radius 1 is 1.60 bits per heavy atom. The fraction of sp³-hybridized carbons (Fsp3) is 0.562.